The minimum absolute atomic E-state index is 0.112. The Morgan fingerprint density at radius 1 is 1.12 bits per heavy atom. The standard InChI is InChI=1S/C18H29F3O3/c1-11(22)3-4-13-5-7-14(8-6-13)12(2)16-10-9-15(17(23)24-16)18(19,20)21/h11-16,22H,3-10H2,1-2H3. The topological polar surface area (TPSA) is 46.5 Å². The van der Waals surface area contributed by atoms with Crippen LogP contribution in [0.25, 0.3) is 0 Å². The maximum Gasteiger partial charge on any atom is 0.402 e. The highest BCUT2D eigenvalue weighted by Crippen LogP contribution is 2.41. The molecular formula is C18H29F3O3. The third kappa shape index (κ3) is 5.11. The molecule has 0 aromatic heterocycles. The highest BCUT2D eigenvalue weighted by molar-refractivity contribution is 5.74. The van der Waals surface area contributed by atoms with Gasteiger partial charge < -0.3 is 9.84 Å². The molecule has 6 heteroatoms. The van der Waals surface area contributed by atoms with E-state index in [1.165, 1.54) is 0 Å². The average molecular weight is 350 g/mol. The highest BCUT2D eigenvalue weighted by Gasteiger charge is 2.49. The number of aliphatic hydroxyl groups excluding tert-OH is 1. The lowest BCUT2D eigenvalue weighted by Gasteiger charge is -2.38. The number of rotatable bonds is 5. The summed E-state index contributed by atoms with van der Waals surface area (Å²) in [6.07, 6.45) is 1.12. The second kappa shape index (κ2) is 8.07. The summed E-state index contributed by atoms with van der Waals surface area (Å²) in [6.45, 7) is 3.81. The first-order valence-electron chi connectivity index (χ1n) is 9.13. The van der Waals surface area contributed by atoms with Crippen molar-refractivity contribution < 1.29 is 27.8 Å². The largest absolute Gasteiger partial charge is 0.462 e. The molecule has 4 atom stereocenters. The summed E-state index contributed by atoms with van der Waals surface area (Å²) in [5, 5.41) is 9.37. The van der Waals surface area contributed by atoms with Gasteiger partial charge in [0.1, 0.15) is 6.10 Å². The van der Waals surface area contributed by atoms with Gasteiger partial charge in [-0.3, -0.25) is 4.79 Å². The zero-order valence-electron chi connectivity index (χ0n) is 14.5. The van der Waals surface area contributed by atoms with Crippen LogP contribution < -0.4 is 0 Å². The number of cyclic esters (lactones) is 1. The normalized spacial score (nSPS) is 34.5. The Morgan fingerprint density at radius 2 is 1.75 bits per heavy atom. The SMILES string of the molecule is CC(O)CCC1CCC(C(C)C2CCC(C(F)(F)F)C(=O)O2)CC1. The minimum atomic E-state index is -4.49. The Kier molecular flexibility index (Phi) is 6.57. The first-order valence-corrected chi connectivity index (χ1v) is 9.13. The molecule has 2 fully saturated rings. The molecule has 1 N–H and O–H groups in total. The molecule has 1 aliphatic heterocycles. The summed E-state index contributed by atoms with van der Waals surface area (Å²) in [6, 6.07) is 0. The van der Waals surface area contributed by atoms with Crippen molar-refractivity contribution in [2.24, 2.45) is 23.7 Å². The molecule has 0 bridgehead atoms. The molecule has 0 radical (unpaired) electrons. The van der Waals surface area contributed by atoms with Gasteiger partial charge in [0, 0.05) is 0 Å². The van der Waals surface area contributed by atoms with Gasteiger partial charge in [-0.2, -0.15) is 13.2 Å². The van der Waals surface area contributed by atoms with E-state index in [0.717, 1.165) is 38.5 Å². The molecule has 2 rings (SSSR count). The van der Waals surface area contributed by atoms with Gasteiger partial charge in [0.25, 0.3) is 0 Å². The van der Waals surface area contributed by atoms with Crippen molar-refractivity contribution >= 4 is 5.97 Å². The molecule has 2 aliphatic rings. The summed E-state index contributed by atoms with van der Waals surface area (Å²) in [4.78, 5) is 11.7. The molecule has 1 aliphatic carbocycles. The van der Waals surface area contributed by atoms with E-state index in [2.05, 4.69) is 0 Å². The zero-order chi connectivity index (χ0) is 17.9. The monoisotopic (exact) mass is 350 g/mol. The summed E-state index contributed by atoms with van der Waals surface area (Å²) in [5.74, 6) is -1.89. The van der Waals surface area contributed by atoms with E-state index in [1.807, 2.05) is 6.92 Å². The summed E-state index contributed by atoms with van der Waals surface area (Å²) in [7, 11) is 0. The van der Waals surface area contributed by atoms with E-state index < -0.39 is 18.1 Å². The van der Waals surface area contributed by atoms with Gasteiger partial charge in [-0.05, 0) is 63.2 Å². The Hall–Kier alpha value is -0.780. The fourth-order valence-corrected chi connectivity index (χ4v) is 4.19. The second-order valence-electron chi connectivity index (χ2n) is 7.71. The van der Waals surface area contributed by atoms with Crippen molar-refractivity contribution in [3.8, 4) is 0 Å². The molecule has 0 aromatic carbocycles. The van der Waals surface area contributed by atoms with Crippen LogP contribution in [0.15, 0.2) is 0 Å². The Morgan fingerprint density at radius 3 is 2.25 bits per heavy atom. The van der Waals surface area contributed by atoms with E-state index >= 15 is 0 Å². The lowest BCUT2D eigenvalue weighted by Crippen LogP contribution is -2.43. The van der Waals surface area contributed by atoms with Gasteiger partial charge in [-0.15, -0.1) is 0 Å². The summed E-state index contributed by atoms with van der Waals surface area (Å²) >= 11 is 0. The number of hydrogen-bond donors (Lipinski definition) is 1. The van der Waals surface area contributed by atoms with Gasteiger partial charge in [-0.1, -0.05) is 19.8 Å². The molecule has 0 amide bonds. The molecule has 24 heavy (non-hydrogen) atoms. The molecule has 0 aromatic rings. The van der Waals surface area contributed by atoms with Crippen LogP contribution in [0.4, 0.5) is 13.2 Å². The molecular weight excluding hydrogens is 321 g/mol. The number of carbonyl (C=O) groups excluding carboxylic acids is 1. The number of halogens is 3. The molecule has 1 saturated carbocycles. The Labute approximate surface area is 141 Å². The van der Waals surface area contributed by atoms with Crippen LogP contribution in [0, 0.1) is 23.7 Å². The van der Waals surface area contributed by atoms with Crippen LogP contribution in [0.3, 0.4) is 0 Å². The third-order valence-corrected chi connectivity index (χ3v) is 5.90. The van der Waals surface area contributed by atoms with Crippen molar-refractivity contribution in [3.63, 3.8) is 0 Å². The molecule has 1 heterocycles. The lowest BCUT2D eigenvalue weighted by molar-refractivity contribution is -0.215. The van der Waals surface area contributed by atoms with Crippen molar-refractivity contribution in [1.82, 2.24) is 0 Å². The lowest BCUT2D eigenvalue weighted by atomic mass is 9.72. The number of esters is 1. The fourth-order valence-electron chi connectivity index (χ4n) is 4.19. The number of aliphatic hydroxyl groups is 1. The van der Waals surface area contributed by atoms with Crippen LogP contribution >= 0.6 is 0 Å². The Balaban J connectivity index is 1.79. The maximum absolute atomic E-state index is 12.7. The molecule has 140 valence electrons. The highest BCUT2D eigenvalue weighted by atomic mass is 19.4. The molecule has 4 unspecified atom stereocenters. The molecule has 1 saturated heterocycles. The minimum Gasteiger partial charge on any atom is -0.462 e. The second-order valence-corrected chi connectivity index (χ2v) is 7.71. The zero-order valence-corrected chi connectivity index (χ0v) is 14.5. The van der Waals surface area contributed by atoms with E-state index in [1.54, 1.807) is 6.92 Å². The maximum atomic E-state index is 12.7. The van der Waals surface area contributed by atoms with Crippen LogP contribution in [-0.2, 0) is 9.53 Å². The first-order chi connectivity index (χ1) is 11.2. The Bertz CT molecular complexity index is 414. The van der Waals surface area contributed by atoms with E-state index in [9.17, 15) is 23.1 Å². The summed E-state index contributed by atoms with van der Waals surface area (Å²) < 4.78 is 43.3. The molecule has 0 spiro atoms. The first kappa shape index (κ1) is 19.5. The van der Waals surface area contributed by atoms with Crippen molar-refractivity contribution in [1.29, 1.82) is 0 Å². The van der Waals surface area contributed by atoms with Gasteiger partial charge in [0.2, 0.25) is 0 Å². The van der Waals surface area contributed by atoms with E-state index in [4.69, 9.17) is 4.74 Å². The summed E-state index contributed by atoms with van der Waals surface area (Å²) in [5.41, 5.74) is 0. The third-order valence-electron chi connectivity index (χ3n) is 5.90. The van der Waals surface area contributed by atoms with E-state index in [-0.39, 0.29) is 24.5 Å². The van der Waals surface area contributed by atoms with Crippen molar-refractivity contribution in [2.45, 2.75) is 83.6 Å². The van der Waals surface area contributed by atoms with Crippen LogP contribution in [0.5, 0.6) is 0 Å². The number of hydrogen-bond acceptors (Lipinski definition) is 3. The van der Waals surface area contributed by atoms with E-state index in [0.29, 0.717) is 18.3 Å². The van der Waals surface area contributed by atoms with Gasteiger partial charge in [0.05, 0.1) is 6.10 Å². The number of ether oxygens (including phenoxy) is 1. The van der Waals surface area contributed by atoms with Gasteiger partial charge in [-0.25, -0.2) is 0 Å². The number of carbonyl (C=O) groups is 1. The van der Waals surface area contributed by atoms with Gasteiger partial charge >= 0.3 is 12.1 Å². The average Bonchev–Trinajstić information content (AvgIpc) is 2.51. The van der Waals surface area contributed by atoms with Gasteiger partial charge in [0.15, 0.2) is 5.92 Å². The van der Waals surface area contributed by atoms with Crippen molar-refractivity contribution in [3.05, 3.63) is 0 Å². The van der Waals surface area contributed by atoms with Crippen LogP contribution in [0.1, 0.15) is 65.2 Å². The quantitative estimate of drug-likeness (QED) is 0.744. The number of alkyl halides is 3. The fraction of sp³-hybridized carbons (Fsp3) is 0.944. The van der Waals surface area contributed by atoms with Crippen LogP contribution in [0.2, 0.25) is 0 Å². The van der Waals surface area contributed by atoms with Crippen LogP contribution in [-0.4, -0.2) is 29.5 Å². The predicted octanol–water partition coefficient (Wildman–Crippen LogP) is 4.47. The molecule has 3 nitrogen and oxygen atoms in total. The smallest absolute Gasteiger partial charge is 0.402 e. The van der Waals surface area contributed by atoms with Crippen molar-refractivity contribution in [2.75, 3.05) is 0 Å². The predicted molar refractivity (Wildman–Crippen MR) is 84.2 cm³/mol.